The molecule has 1 aromatic carbocycles. The Balaban J connectivity index is 2.63. The van der Waals surface area contributed by atoms with E-state index in [1.54, 1.807) is 18.2 Å². The van der Waals surface area contributed by atoms with Crippen LogP contribution in [-0.2, 0) is 0 Å². The van der Waals surface area contributed by atoms with Crippen molar-refractivity contribution in [1.29, 1.82) is 0 Å². The van der Waals surface area contributed by atoms with Gasteiger partial charge in [0.15, 0.2) is 11.5 Å². The van der Waals surface area contributed by atoms with Crippen molar-refractivity contribution in [3.05, 3.63) is 36.4 Å². The van der Waals surface area contributed by atoms with E-state index in [0.29, 0.717) is 12.4 Å². The highest BCUT2D eigenvalue weighted by atomic mass is 16.5. The van der Waals surface area contributed by atoms with Crippen LogP contribution < -0.4 is 4.74 Å². The fourth-order valence-corrected chi connectivity index (χ4v) is 0.780. The molecule has 0 unspecified atom stereocenters. The Morgan fingerprint density at radius 2 is 2.17 bits per heavy atom. The van der Waals surface area contributed by atoms with Crippen LogP contribution in [0.15, 0.2) is 36.4 Å². The van der Waals surface area contributed by atoms with Crippen LogP contribution in [0.4, 0.5) is 0 Å². The molecule has 0 fully saturated rings. The van der Waals surface area contributed by atoms with E-state index in [2.05, 4.69) is 6.58 Å². The van der Waals surface area contributed by atoms with Crippen molar-refractivity contribution in [3.63, 3.8) is 0 Å². The molecule has 0 radical (unpaired) electrons. The molecule has 64 valence electrons. The molecule has 0 amide bonds. The number of hydrogen-bond acceptors (Lipinski definition) is 2. The maximum absolute atomic E-state index is 9.27. The molecule has 0 atom stereocenters. The third kappa shape index (κ3) is 2.31. The lowest BCUT2D eigenvalue weighted by Crippen LogP contribution is -1.97. The summed E-state index contributed by atoms with van der Waals surface area (Å²) in [5.41, 5.74) is 0.929. The summed E-state index contributed by atoms with van der Waals surface area (Å²) in [5.74, 6) is 0.666. The number of aromatic hydroxyl groups is 1. The molecule has 1 aromatic rings. The molecule has 2 nitrogen and oxygen atoms in total. The van der Waals surface area contributed by atoms with Gasteiger partial charge < -0.3 is 9.84 Å². The Kier molecular flexibility index (Phi) is 2.75. The molecule has 0 saturated carbocycles. The van der Waals surface area contributed by atoms with E-state index < -0.39 is 0 Å². The van der Waals surface area contributed by atoms with Gasteiger partial charge in [0.2, 0.25) is 0 Å². The second kappa shape index (κ2) is 3.81. The van der Waals surface area contributed by atoms with Gasteiger partial charge in [0.25, 0.3) is 0 Å². The van der Waals surface area contributed by atoms with Crippen LogP contribution in [0, 0.1) is 0 Å². The van der Waals surface area contributed by atoms with Crippen LogP contribution in [0.5, 0.6) is 11.5 Å². The molecule has 0 aliphatic carbocycles. The van der Waals surface area contributed by atoms with Gasteiger partial charge in [-0.2, -0.15) is 0 Å². The first kappa shape index (κ1) is 8.65. The number of benzene rings is 1. The zero-order valence-corrected chi connectivity index (χ0v) is 7.08. The minimum Gasteiger partial charge on any atom is -0.504 e. The first-order valence-corrected chi connectivity index (χ1v) is 3.75. The van der Waals surface area contributed by atoms with Crippen molar-refractivity contribution < 1.29 is 9.84 Å². The minimum atomic E-state index is 0.166. The van der Waals surface area contributed by atoms with Gasteiger partial charge in [-0.3, -0.25) is 0 Å². The Morgan fingerprint density at radius 1 is 1.50 bits per heavy atom. The van der Waals surface area contributed by atoms with E-state index in [0.717, 1.165) is 5.57 Å². The molecule has 1 N–H and O–H groups in total. The minimum absolute atomic E-state index is 0.166. The molecule has 0 aliphatic rings. The molecule has 0 spiro atoms. The van der Waals surface area contributed by atoms with Gasteiger partial charge in [0, 0.05) is 0 Å². The molecule has 2 heteroatoms. The SMILES string of the molecule is C=C(C)COc1ccccc1O. The summed E-state index contributed by atoms with van der Waals surface area (Å²) in [7, 11) is 0. The first-order chi connectivity index (χ1) is 5.70. The van der Waals surface area contributed by atoms with Gasteiger partial charge >= 0.3 is 0 Å². The summed E-state index contributed by atoms with van der Waals surface area (Å²) >= 11 is 0. The lowest BCUT2D eigenvalue weighted by molar-refractivity contribution is 0.328. The number of phenolic OH excluding ortho intramolecular Hbond substituents is 1. The second-order valence-corrected chi connectivity index (χ2v) is 2.71. The lowest BCUT2D eigenvalue weighted by atomic mass is 10.3. The number of phenols is 1. The first-order valence-electron chi connectivity index (χ1n) is 3.75. The van der Waals surface area contributed by atoms with E-state index in [9.17, 15) is 5.11 Å². The molecule has 0 bridgehead atoms. The third-order valence-electron chi connectivity index (χ3n) is 1.34. The molecule has 12 heavy (non-hydrogen) atoms. The summed E-state index contributed by atoms with van der Waals surface area (Å²) in [5, 5.41) is 9.27. The van der Waals surface area contributed by atoms with E-state index in [1.807, 2.05) is 13.0 Å². The predicted octanol–water partition coefficient (Wildman–Crippen LogP) is 2.35. The normalized spacial score (nSPS) is 9.42. The van der Waals surface area contributed by atoms with E-state index in [1.165, 1.54) is 0 Å². The molecule has 0 aliphatic heterocycles. The van der Waals surface area contributed by atoms with Crippen LogP contribution in [0.2, 0.25) is 0 Å². The average molecular weight is 164 g/mol. The Morgan fingerprint density at radius 3 is 2.75 bits per heavy atom. The van der Waals surface area contributed by atoms with Crippen LogP contribution >= 0.6 is 0 Å². The van der Waals surface area contributed by atoms with Crippen LogP contribution in [0.3, 0.4) is 0 Å². The zero-order valence-electron chi connectivity index (χ0n) is 7.08. The molecule has 1 rings (SSSR count). The largest absolute Gasteiger partial charge is 0.504 e. The summed E-state index contributed by atoms with van der Waals surface area (Å²) in [6.07, 6.45) is 0. The third-order valence-corrected chi connectivity index (χ3v) is 1.34. The fraction of sp³-hybridized carbons (Fsp3) is 0.200. The van der Waals surface area contributed by atoms with Gasteiger partial charge in [-0.25, -0.2) is 0 Å². The maximum Gasteiger partial charge on any atom is 0.161 e. The summed E-state index contributed by atoms with van der Waals surface area (Å²) in [6.45, 7) is 6.01. The Bertz CT molecular complexity index is 279. The molecule has 0 saturated heterocycles. The number of ether oxygens (including phenoxy) is 1. The number of rotatable bonds is 3. The van der Waals surface area contributed by atoms with Gasteiger partial charge in [-0.1, -0.05) is 18.7 Å². The van der Waals surface area contributed by atoms with Crippen LogP contribution in [-0.4, -0.2) is 11.7 Å². The van der Waals surface area contributed by atoms with Crippen molar-refractivity contribution in [3.8, 4) is 11.5 Å². The average Bonchev–Trinajstić information content (AvgIpc) is 2.03. The Hall–Kier alpha value is -1.44. The quantitative estimate of drug-likeness (QED) is 0.695. The van der Waals surface area contributed by atoms with Crippen molar-refractivity contribution in [2.75, 3.05) is 6.61 Å². The maximum atomic E-state index is 9.27. The summed E-state index contributed by atoms with van der Waals surface area (Å²) in [4.78, 5) is 0. The number of hydrogen-bond donors (Lipinski definition) is 1. The van der Waals surface area contributed by atoms with Crippen LogP contribution in [0.25, 0.3) is 0 Å². The topological polar surface area (TPSA) is 29.5 Å². The zero-order chi connectivity index (χ0) is 8.97. The van der Waals surface area contributed by atoms with Crippen molar-refractivity contribution in [2.45, 2.75) is 6.92 Å². The standard InChI is InChI=1S/C10H12O2/c1-8(2)7-12-10-6-4-3-5-9(10)11/h3-6,11H,1,7H2,2H3. The molecule has 0 heterocycles. The van der Waals surface area contributed by atoms with E-state index >= 15 is 0 Å². The fourth-order valence-electron chi connectivity index (χ4n) is 0.780. The molecular formula is C10H12O2. The predicted molar refractivity (Wildman–Crippen MR) is 48.4 cm³/mol. The van der Waals surface area contributed by atoms with Gasteiger partial charge in [0.1, 0.15) is 6.61 Å². The van der Waals surface area contributed by atoms with Crippen molar-refractivity contribution >= 4 is 0 Å². The van der Waals surface area contributed by atoms with Gasteiger partial charge in [0.05, 0.1) is 0 Å². The van der Waals surface area contributed by atoms with Crippen molar-refractivity contribution in [1.82, 2.24) is 0 Å². The number of para-hydroxylation sites is 2. The summed E-state index contributed by atoms with van der Waals surface area (Å²) in [6, 6.07) is 6.88. The highest BCUT2D eigenvalue weighted by Crippen LogP contribution is 2.24. The van der Waals surface area contributed by atoms with Gasteiger partial charge in [-0.15, -0.1) is 0 Å². The lowest BCUT2D eigenvalue weighted by Gasteiger charge is -2.06. The van der Waals surface area contributed by atoms with Crippen molar-refractivity contribution in [2.24, 2.45) is 0 Å². The van der Waals surface area contributed by atoms with E-state index in [4.69, 9.17) is 4.74 Å². The smallest absolute Gasteiger partial charge is 0.161 e. The molecular weight excluding hydrogens is 152 g/mol. The second-order valence-electron chi connectivity index (χ2n) is 2.71. The monoisotopic (exact) mass is 164 g/mol. The highest BCUT2D eigenvalue weighted by Gasteiger charge is 1.98. The summed E-state index contributed by atoms with van der Waals surface area (Å²) < 4.78 is 5.25. The Labute approximate surface area is 72.1 Å². The van der Waals surface area contributed by atoms with E-state index in [-0.39, 0.29) is 5.75 Å². The molecule has 0 aromatic heterocycles. The van der Waals surface area contributed by atoms with Crippen LogP contribution in [0.1, 0.15) is 6.92 Å². The highest BCUT2D eigenvalue weighted by molar-refractivity contribution is 5.38. The van der Waals surface area contributed by atoms with Gasteiger partial charge in [-0.05, 0) is 24.6 Å².